The quantitative estimate of drug-likeness (QED) is 0.713. The zero-order chi connectivity index (χ0) is 18.6. The smallest absolute Gasteiger partial charge is 0.255 e. The van der Waals surface area contributed by atoms with Gasteiger partial charge >= 0.3 is 0 Å². The summed E-state index contributed by atoms with van der Waals surface area (Å²) in [6.07, 6.45) is 8.18. The zero-order valence-corrected chi connectivity index (χ0v) is 14.8. The molecule has 1 atom stereocenters. The van der Waals surface area contributed by atoms with E-state index >= 15 is 0 Å². The average molecular weight is 362 g/mol. The van der Waals surface area contributed by atoms with Crippen molar-refractivity contribution in [3.63, 3.8) is 0 Å². The third-order valence-corrected chi connectivity index (χ3v) is 4.86. The minimum absolute atomic E-state index is 0.0164. The van der Waals surface area contributed by atoms with Gasteiger partial charge in [0.2, 0.25) is 0 Å². The molecule has 3 heterocycles. The van der Waals surface area contributed by atoms with Crippen LogP contribution in [0.25, 0.3) is 11.3 Å². The number of halogens is 1. The van der Waals surface area contributed by atoms with Gasteiger partial charge in [-0.1, -0.05) is 12.1 Å². The largest absolute Gasteiger partial charge is 0.338 e. The lowest BCUT2D eigenvalue weighted by Crippen LogP contribution is -2.39. The van der Waals surface area contributed by atoms with Crippen LogP contribution < -0.4 is 0 Å². The summed E-state index contributed by atoms with van der Waals surface area (Å²) < 4.78 is 14.3. The first-order chi connectivity index (χ1) is 13.2. The van der Waals surface area contributed by atoms with Crippen molar-refractivity contribution in [3.05, 3.63) is 78.3 Å². The Bertz CT molecular complexity index is 948. The maximum Gasteiger partial charge on any atom is 0.255 e. The van der Waals surface area contributed by atoms with E-state index in [1.54, 1.807) is 55.1 Å². The van der Waals surface area contributed by atoms with E-state index in [4.69, 9.17) is 0 Å². The lowest BCUT2D eigenvalue weighted by atomic mass is 9.91. The maximum absolute atomic E-state index is 14.3. The van der Waals surface area contributed by atoms with E-state index in [-0.39, 0.29) is 17.6 Å². The second-order valence-electron chi connectivity index (χ2n) is 6.60. The average Bonchev–Trinajstić information content (AvgIpc) is 2.74. The minimum atomic E-state index is -0.321. The molecule has 0 unspecified atom stereocenters. The predicted molar refractivity (Wildman–Crippen MR) is 99.5 cm³/mol. The summed E-state index contributed by atoms with van der Waals surface area (Å²) in [4.78, 5) is 27.5. The van der Waals surface area contributed by atoms with Crippen molar-refractivity contribution in [2.45, 2.75) is 18.8 Å². The van der Waals surface area contributed by atoms with Crippen LogP contribution in [-0.4, -0.2) is 38.8 Å². The van der Waals surface area contributed by atoms with Crippen molar-refractivity contribution in [1.29, 1.82) is 0 Å². The molecule has 1 aromatic carbocycles. The zero-order valence-electron chi connectivity index (χ0n) is 14.8. The number of carbonyl (C=O) groups excluding carboxylic acids is 1. The fourth-order valence-corrected chi connectivity index (χ4v) is 3.56. The van der Waals surface area contributed by atoms with E-state index in [0.717, 1.165) is 18.5 Å². The summed E-state index contributed by atoms with van der Waals surface area (Å²) in [5.74, 6) is -0.342. The standard InChI is InChI=1S/C21H19FN4O/c22-18-8-2-1-7-17(18)20-19(24-10-11-25-20)16-6-4-12-26(14-16)21(27)15-5-3-9-23-13-15/h1-3,5,7-11,13,16H,4,6,12,14H2/t16-/m1/s1. The first-order valence-corrected chi connectivity index (χ1v) is 8.99. The molecule has 1 aliphatic rings. The van der Waals surface area contributed by atoms with E-state index in [0.29, 0.717) is 29.9 Å². The molecule has 136 valence electrons. The molecule has 4 rings (SSSR count). The molecule has 0 saturated carbocycles. The van der Waals surface area contributed by atoms with Gasteiger partial charge in [-0.05, 0) is 37.1 Å². The molecule has 0 aliphatic carbocycles. The van der Waals surface area contributed by atoms with Crippen molar-refractivity contribution in [2.24, 2.45) is 0 Å². The van der Waals surface area contributed by atoms with Gasteiger partial charge in [0.15, 0.2) is 0 Å². The highest BCUT2D eigenvalue weighted by Gasteiger charge is 2.29. The van der Waals surface area contributed by atoms with Crippen LogP contribution in [0.2, 0.25) is 0 Å². The number of nitrogens with zero attached hydrogens (tertiary/aromatic N) is 4. The molecular formula is C21H19FN4O. The number of pyridine rings is 1. The highest BCUT2D eigenvalue weighted by atomic mass is 19.1. The number of benzene rings is 1. The number of aromatic nitrogens is 3. The Hall–Kier alpha value is -3.15. The second kappa shape index (κ2) is 7.61. The van der Waals surface area contributed by atoms with Crippen LogP contribution >= 0.6 is 0 Å². The minimum Gasteiger partial charge on any atom is -0.338 e. The Morgan fingerprint density at radius 2 is 1.93 bits per heavy atom. The normalized spacial score (nSPS) is 16.9. The lowest BCUT2D eigenvalue weighted by Gasteiger charge is -2.33. The summed E-state index contributed by atoms with van der Waals surface area (Å²) in [5, 5.41) is 0. The number of amides is 1. The van der Waals surface area contributed by atoms with Gasteiger partial charge in [-0.25, -0.2) is 4.39 Å². The summed E-state index contributed by atoms with van der Waals surface area (Å²) in [6, 6.07) is 10.1. The summed E-state index contributed by atoms with van der Waals surface area (Å²) >= 11 is 0. The van der Waals surface area contributed by atoms with Crippen LogP contribution in [-0.2, 0) is 0 Å². The molecule has 0 bridgehead atoms. The molecule has 1 aliphatic heterocycles. The molecule has 27 heavy (non-hydrogen) atoms. The van der Waals surface area contributed by atoms with Gasteiger partial charge in [0.05, 0.1) is 17.0 Å². The Kier molecular flexibility index (Phi) is 4.87. The fraction of sp³-hybridized carbons (Fsp3) is 0.238. The van der Waals surface area contributed by atoms with E-state index in [1.165, 1.54) is 6.07 Å². The third-order valence-electron chi connectivity index (χ3n) is 4.86. The molecular weight excluding hydrogens is 343 g/mol. The van der Waals surface area contributed by atoms with Crippen molar-refractivity contribution in [2.75, 3.05) is 13.1 Å². The van der Waals surface area contributed by atoms with Crippen LogP contribution in [0.5, 0.6) is 0 Å². The van der Waals surface area contributed by atoms with Crippen molar-refractivity contribution < 1.29 is 9.18 Å². The van der Waals surface area contributed by atoms with Crippen LogP contribution in [0.1, 0.15) is 34.8 Å². The monoisotopic (exact) mass is 362 g/mol. The van der Waals surface area contributed by atoms with Gasteiger partial charge in [-0.15, -0.1) is 0 Å². The highest BCUT2D eigenvalue weighted by molar-refractivity contribution is 5.94. The molecule has 5 nitrogen and oxygen atoms in total. The van der Waals surface area contributed by atoms with Crippen molar-refractivity contribution in [1.82, 2.24) is 19.9 Å². The van der Waals surface area contributed by atoms with Crippen LogP contribution in [0.15, 0.2) is 61.2 Å². The van der Waals surface area contributed by atoms with Gasteiger partial charge in [0.1, 0.15) is 5.82 Å². The first-order valence-electron chi connectivity index (χ1n) is 8.99. The molecule has 1 fully saturated rings. The number of carbonyl (C=O) groups is 1. The second-order valence-corrected chi connectivity index (χ2v) is 6.60. The predicted octanol–water partition coefficient (Wildman–Crippen LogP) is 3.70. The Labute approximate surface area is 156 Å². The van der Waals surface area contributed by atoms with Gasteiger partial charge in [0.25, 0.3) is 5.91 Å². The van der Waals surface area contributed by atoms with Gasteiger partial charge in [-0.2, -0.15) is 0 Å². The Morgan fingerprint density at radius 1 is 1.07 bits per heavy atom. The number of hydrogen-bond donors (Lipinski definition) is 0. The molecule has 3 aromatic rings. The number of likely N-dealkylation sites (tertiary alicyclic amines) is 1. The molecule has 0 radical (unpaired) electrons. The topological polar surface area (TPSA) is 59.0 Å². The first kappa shape index (κ1) is 17.3. The van der Waals surface area contributed by atoms with Gasteiger partial charge < -0.3 is 4.90 Å². The van der Waals surface area contributed by atoms with Crippen LogP contribution in [0.4, 0.5) is 4.39 Å². The van der Waals surface area contributed by atoms with E-state index in [2.05, 4.69) is 15.0 Å². The van der Waals surface area contributed by atoms with E-state index < -0.39 is 0 Å². The fourth-order valence-electron chi connectivity index (χ4n) is 3.56. The molecule has 2 aromatic heterocycles. The van der Waals surface area contributed by atoms with Gasteiger partial charge in [0, 0.05) is 49.4 Å². The number of hydrogen-bond acceptors (Lipinski definition) is 4. The SMILES string of the molecule is O=C(c1cccnc1)N1CCC[C@@H](c2nccnc2-c2ccccc2F)C1. The lowest BCUT2D eigenvalue weighted by molar-refractivity contribution is 0.0705. The molecule has 1 saturated heterocycles. The molecule has 0 N–H and O–H groups in total. The van der Waals surface area contributed by atoms with Crippen LogP contribution in [0.3, 0.4) is 0 Å². The van der Waals surface area contributed by atoms with Crippen LogP contribution in [0, 0.1) is 5.82 Å². The Morgan fingerprint density at radius 3 is 2.74 bits per heavy atom. The number of piperidine rings is 1. The maximum atomic E-state index is 14.3. The summed E-state index contributed by atoms with van der Waals surface area (Å²) in [5.41, 5.74) is 2.31. The van der Waals surface area contributed by atoms with Crippen molar-refractivity contribution >= 4 is 5.91 Å². The van der Waals surface area contributed by atoms with Crippen molar-refractivity contribution in [3.8, 4) is 11.3 Å². The van der Waals surface area contributed by atoms with E-state index in [1.807, 2.05) is 4.90 Å². The summed E-state index contributed by atoms with van der Waals surface area (Å²) in [6.45, 7) is 1.23. The Balaban J connectivity index is 1.63. The van der Waals surface area contributed by atoms with Gasteiger partial charge in [-0.3, -0.25) is 19.7 Å². The number of rotatable bonds is 3. The molecule has 6 heteroatoms. The third kappa shape index (κ3) is 3.56. The van der Waals surface area contributed by atoms with E-state index in [9.17, 15) is 9.18 Å². The highest BCUT2D eigenvalue weighted by Crippen LogP contribution is 2.33. The molecule has 0 spiro atoms. The summed E-state index contributed by atoms with van der Waals surface area (Å²) in [7, 11) is 0. The molecule has 1 amide bonds.